The summed E-state index contributed by atoms with van der Waals surface area (Å²) in [5, 5.41) is 3.67. The molecule has 0 amide bonds. The summed E-state index contributed by atoms with van der Waals surface area (Å²) in [7, 11) is 1.36. The molecule has 1 atom stereocenters. The number of anilines is 1. The maximum absolute atomic E-state index is 12.1. The van der Waals surface area contributed by atoms with E-state index >= 15 is 0 Å². The molecule has 21 heavy (non-hydrogen) atoms. The third-order valence-electron chi connectivity index (χ3n) is 3.07. The lowest BCUT2D eigenvalue weighted by Gasteiger charge is -2.19. The standard InChI is InChI=1S/C16H15BrClNO2/c1-10-3-6-12(7-4-10)19-15(16(20)21-2)13-9-11(17)5-8-14(13)18/h3-9,15,19H,1-2H3. The largest absolute Gasteiger partial charge is 0.467 e. The fourth-order valence-electron chi connectivity index (χ4n) is 1.93. The van der Waals surface area contributed by atoms with Gasteiger partial charge in [0.2, 0.25) is 0 Å². The molecule has 1 unspecified atom stereocenters. The van der Waals surface area contributed by atoms with Crippen LogP contribution >= 0.6 is 27.5 Å². The van der Waals surface area contributed by atoms with Crippen molar-refractivity contribution in [3.63, 3.8) is 0 Å². The molecule has 0 bridgehead atoms. The highest BCUT2D eigenvalue weighted by atomic mass is 79.9. The molecule has 2 aromatic carbocycles. The average molecular weight is 369 g/mol. The molecule has 0 spiro atoms. The van der Waals surface area contributed by atoms with Crippen molar-refractivity contribution in [3.05, 3.63) is 63.1 Å². The van der Waals surface area contributed by atoms with E-state index in [1.165, 1.54) is 7.11 Å². The van der Waals surface area contributed by atoms with Crippen molar-refractivity contribution in [3.8, 4) is 0 Å². The molecule has 0 radical (unpaired) electrons. The van der Waals surface area contributed by atoms with Crippen molar-refractivity contribution in [2.24, 2.45) is 0 Å². The van der Waals surface area contributed by atoms with Crippen LogP contribution in [0.25, 0.3) is 0 Å². The van der Waals surface area contributed by atoms with Gasteiger partial charge in [0.15, 0.2) is 6.04 Å². The number of aryl methyl sites for hydroxylation is 1. The van der Waals surface area contributed by atoms with Crippen molar-refractivity contribution >= 4 is 39.2 Å². The summed E-state index contributed by atoms with van der Waals surface area (Å²) in [6.07, 6.45) is 0. The molecule has 2 rings (SSSR count). The van der Waals surface area contributed by atoms with E-state index in [0.717, 1.165) is 15.7 Å². The van der Waals surface area contributed by atoms with Crippen LogP contribution in [0.4, 0.5) is 5.69 Å². The smallest absolute Gasteiger partial charge is 0.333 e. The maximum atomic E-state index is 12.1. The number of ether oxygens (including phenoxy) is 1. The van der Waals surface area contributed by atoms with Crippen LogP contribution in [0, 0.1) is 6.92 Å². The molecule has 1 N–H and O–H groups in total. The first-order valence-electron chi connectivity index (χ1n) is 6.37. The predicted octanol–water partition coefficient (Wildman–Crippen LogP) is 4.74. The zero-order valence-corrected chi connectivity index (χ0v) is 14.0. The van der Waals surface area contributed by atoms with Crippen LogP contribution in [0.15, 0.2) is 46.9 Å². The van der Waals surface area contributed by atoms with E-state index in [4.69, 9.17) is 16.3 Å². The number of halogens is 2. The number of carbonyl (C=O) groups excluding carboxylic acids is 1. The topological polar surface area (TPSA) is 38.3 Å². The normalized spacial score (nSPS) is 11.8. The van der Waals surface area contributed by atoms with Gasteiger partial charge in [-0.25, -0.2) is 4.79 Å². The predicted molar refractivity (Wildman–Crippen MR) is 88.7 cm³/mol. The Balaban J connectivity index is 2.36. The number of benzene rings is 2. The Hall–Kier alpha value is -1.52. The highest BCUT2D eigenvalue weighted by Crippen LogP contribution is 2.30. The van der Waals surface area contributed by atoms with E-state index in [9.17, 15) is 4.79 Å². The molecule has 0 saturated heterocycles. The fraction of sp³-hybridized carbons (Fsp3) is 0.188. The number of hydrogen-bond acceptors (Lipinski definition) is 3. The number of carbonyl (C=O) groups is 1. The first kappa shape index (κ1) is 15.9. The van der Waals surface area contributed by atoms with Gasteiger partial charge in [0, 0.05) is 20.7 Å². The van der Waals surface area contributed by atoms with Crippen molar-refractivity contribution in [2.75, 3.05) is 12.4 Å². The third-order valence-corrected chi connectivity index (χ3v) is 3.91. The SMILES string of the molecule is COC(=O)C(Nc1ccc(C)cc1)c1cc(Br)ccc1Cl. The lowest BCUT2D eigenvalue weighted by molar-refractivity contribution is -0.141. The molecule has 0 aliphatic heterocycles. The summed E-state index contributed by atoms with van der Waals surface area (Å²) in [6, 6.07) is 12.5. The summed E-state index contributed by atoms with van der Waals surface area (Å²) in [5.41, 5.74) is 2.64. The minimum Gasteiger partial charge on any atom is -0.467 e. The number of esters is 1. The quantitative estimate of drug-likeness (QED) is 0.792. The van der Waals surface area contributed by atoms with Gasteiger partial charge in [-0.3, -0.25) is 0 Å². The Kier molecular flexibility index (Phi) is 5.26. The highest BCUT2D eigenvalue weighted by Gasteiger charge is 2.24. The Morgan fingerprint density at radius 1 is 1.24 bits per heavy atom. The second-order valence-corrected chi connectivity index (χ2v) is 5.96. The number of hydrogen-bond donors (Lipinski definition) is 1. The fourth-order valence-corrected chi connectivity index (χ4v) is 2.54. The zero-order chi connectivity index (χ0) is 15.4. The molecule has 2 aromatic rings. The van der Waals surface area contributed by atoms with Gasteiger partial charge in [-0.1, -0.05) is 45.2 Å². The van der Waals surface area contributed by atoms with Crippen LogP contribution in [-0.4, -0.2) is 13.1 Å². The van der Waals surface area contributed by atoms with Crippen LogP contribution < -0.4 is 5.32 Å². The van der Waals surface area contributed by atoms with Crippen molar-refractivity contribution in [1.82, 2.24) is 0 Å². The van der Waals surface area contributed by atoms with Crippen LogP contribution in [-0.2, 0) is 9.53 Å². The molecule has 110 valence electrons. The number of methoxy groups -OCH3 is 1. The van der Waals surface area contributed by atoms with E-state index in [1.54, 1.807) is 6.07 Å². The zero-order valence-electron chi connectivity index (χ0n) is 11.7. The van der Waals surface area contributed by atoms with Crippen LogP contribution in [0.5, 0.6) is 0 Å². The Morgan fingerprint density at radius 2 is 1.90 bits per heavy atom. The second kappa shape index (κ2) is 6.96. The minimum atomic E-state index is -0.664. The average Bonchev–Trinajstić information content (AvgIpc) is 2.48. The lowest BCUT2D eigenvalue weighted by Crippen LogP contribution is -2.22. The minimum absolute atomic E-state index is 0.393. The van der Waals surface area contributed by atoms with Gasteiger partial charge < -0.3 is 10.1 Å². The molecule has 0 fully saturated rings. The van der Waals surface area contributed by atoms with Gasteiger partial charge in [0.1, 0.15) is 0 Å². The van der Waals surface area contributed by atoms with Gasteiger partial charge in [-0.05, 0) is 37.3 Å². The molecular formula is C16H15BrClNO2. The maximum Gasteiger partial charge on any atom is 0.333 e. The molecule has 5 heteroatoms. The molecule has 0 aliphatic carbocycles. The highest BCUT2D eigenvalue weighted by molar-refractivity contribution is 9.10. The summed E-state index contributed by atoms with van der Waals surface area (Å²) < 4.78 is 5.73. The van der Waals surface area contributed by atoms with E-state index in [0.29, 0.717) is 10.6 Å². The van der Waals surface area contributed by atoms with Gasteiger partial charge >= 0.3 is 5.97 Å². The molecule has 3 nitrogen and oxygen atoms in total. The van der Waals surface area contributed by atoms with Gasteiger partial charge in [-0.2, -0.15) is 0 Å². The van der Waals surface area contributed by atoms with Gasteiger partial charge in [0.25, 0.3) is 0 Å². The van der Waals surface area contributed by atoms with Crippen molar-refractivity contribution in [2.45, 2.75) is 13.0 Å². The van der Waals surface area contributed by atoms with E-state index in [-0.39, 0.29) is 0 Å². The monoisotopic (exact) mass is 367 g/mol. The molecular weight excluding hydrogens is 354 g/mol. The Labute approximate surface area is 137 Å². The van der Waals surface area contributed by atoms with Crippen LogP contribution in [0.3, 0.4) is 0 Å². The number of rotatable bonds is 4. The van der Waals surface area contributed by atoms with E-state index < -0.39 is 12.0 Å². The van der Waals surface area contributed by atoms with Crippen molar-refractivity contribution in [1.29, 1.82) is 0 Å². The van der Waals surface area contributed by atoms with Crippen LogP contribution in [0.2, 0.25) is 5.02 Å². The summed E-state index contributed by atoms with van der Waals surface area (Å²) in [4.78, 5) is 12.1. The third kappa shape index (κ3) is 3.99. The first-order valence-corrected chi connectivity index (χ1v) is 7.54. The molecule has 0 heterocycles. The number of nitrogens with one attached hydrogen (secondary N) is 1. The molecule has 0 aliphatic rings. The van der Waals surface area contributed by atoms with Crippen molar-refractivity contribution < 1.29 is 9.53 Å². The molecule has 0 saturated carbocycles. The summed E-state index contributed by atoms with van der Waals surface area (Å²) >= 11 is 9.61. The Bertz CT molecular complexity index is 643. The molecule has 0 aromatic heterocycles. The second-order valence-electron chi connectivity index (χ2n) is 4.63. The Morgan fingerprint density at radius 3 is 2.52 bits per heavy atom. The van der Waals surface area contributed by atoms with E-state index in [2.05, 4.69) is 21.2 Å². The first-order chi connectivity index (χ1) is 10.0. The van der Waals surface area contributed by atoms with E-state index in [1.807, 2.05) is 43.3 Å². The lowest BCUT2D eigenvalue weighted by atomic mass is 10.1. The summed E-state index contributed by atoms with van der Waals surface area (Å²) in [6.45, 7) is 2.01. The van der Waals surface area contributed by atoms with Gasteiger partial charge in [0.05, 0.1) is 7.11 Å². The summed E-state index contributed by atoms with van der Waals surface area (Å²) in [5.74, 6) is -0.393. The van der Waals surface area contributed by atoms with Crippen LogP contribution in [0.1, 0.15) is 17.2 Å². The van der Waals surface area contributed by atoms with Gasteiger partial charge in [-0.15, -0.1) is 0 Å².